The number of thiophene rings is 2. The molecule has 2 heteroatoms. The third-order valence-corrected chi connectivity index (χ3v) is 7.24. The molecule has 0 saturated carbocycles. The van der Waals surface area contributed by atoms with Crippen LogP contribution in [0.3, 0.4) is 0 Å². The van der Waals surface area contributed by atoms with Crippen molar-refractivity contribution in [3.63, 3.8) is 0 Å². The highest BCUT2D eigenvalue weighted by atomic mass is 32.1. The van der Waals surface area contributed by atoms with Gasteiger partial charge >= 0.3 is 0 Å². The van der Waals surface area contributed by atoms with Crippen molar-refractivity contribution in [2.24, 2.45) is 0 Å². The lowest BCUT2D eigenvalue weighted by Gasteiger charge is -2.14. The van der Waals surface area contributed by atoms with Crippen molar-refractivity contribution in [3.8, 4) is 20.9 Å². The monoisotopic (exact) mass is 392 g/mol. The number of hydrogen-bond acceptors (Lipinski definition) is 2. The van der Waals surface area contributed by atoms with E-state index in [0.29, 0.717) is 0 Å². The van der Waals surface area contributed by atoms with Crippen LogP contribution in [0, 0.1) is 0 Å². The van der Waals surface area contributed by atoms with Crippen LogP contribution in [0.25, 0.3) is 53.2 Å². The van der Waals surface area contributed by atoms with Crippen molar-refractivity contribution in [1.29, 1.82) is 0 Å². The van der Waals surface area contributed by atoms with Gasteiger partial charge in [0.05, 0.1) is 0 Å². The van der Waals surface area contributed by atoms with E-state index < -0.39 is 0 Å². The SMILES string of the molecule is c1csc(-c2cc3cc(-c4cccs4)c4ccccc4c3c3ccccc23)c1. The number of hydrogen-bond donors (Lipinski definition) is 0. The summed E-state index contributed by atoms with van der Waals surface area (Å²) in [5.74, 6) is 0. The summed E-state index contributed by atoms with van der Waals surface area (Å²) in [5, 5.41) is 12.3. The molecule has 0 aliphatic rings. The first-order valence-electron chi connectivity index (χ1n) is 9.35. The smallest absolute Gasteiger partial charge is 0.0349 e. The lowest BCUT2D eigenvalue weighted by atomic mass is 9.90. The van der Waals surface area contributed by atoms with Gasteiger partial charge in [-0.1, -0.05) is 60.7 Å². The molecular weight excluding hydrogens is 376 g/mol. The van der Waals surface area contributed by atoms with Crippen molar-refractivity contribution in [2.45, 2.75) is 0 Å². The Bertz CT molecular complexity index is 1330. The van der Waals surface area contributed by atoms with E-state index in [4.69, 9.17) is 0 Å². The molecule has 2 heterocycles. The second-order valence-electron chi connectivity index (χ2n) is 6.99. The second kappa shape index (κ2) is 6.30. The van der Waals surface area contributed by atoms with E-state index in [1.165, 1.54) is 53.2 Å². The van der Waals surface area contributed by atoms with Crippen LogP contribution in [0.1, 0.15) is 0 Å². The van der Waals surface area contributed by atoms with E-state index in [-0.39, 0.29) is 0 Å². The first-order chi connectivity index (χ1) is 13.9. The fourth-order valence-electron chi connectivity index (χ4n) is 4.25. The number of rotatable bonds is 2. The normalized spacial score (nSPS) is 11.6. The number of benzene rings is 4. The van der Waals surface area contributed by atoms with Crippen molar-refractivity contribution >= 4 is 55.0 Å². The maximum absolute atomic E-state index is 2.38. The quantitative estimate of drug-likeness (QED) is 0.259. The molecule has 0 amide bonds. The van der Waals surface area contributed by atoms with Crippen molar-refractivity contribution in [2.75, 3.05) is 0 Å². The summed E-state index contributed by atoms with van der Waals surface area (Å²) in [6.07, 6.45) is 0. The molecule has 4 aromatic carbocycles. The fourth-order valence-corrected chi connectivity index (χ4v) is 5.77. The van der Waals surface area contributed by atoms with Crippen LogP contribution in [-0.2, 0) is 0 Å². The third kappa shape index (κ3) is 2.35. The zero-order valence-electron chi connectivity index (χ0n) is 15.1. The molecule has 6 rings (SSSR count). The standard InChI is InChI=1S/C26H16S2/c1-3-9-20-18(7-1)22(24-11-5-13-27-24)15-17-16-23(25-12-6-14-28-25)19-8-2-4-10-21(19)26(17)20/h1-16H. The van der Waals surface area contributed by atoms with Crippen molar-refractivity contribution in [3.05, 3.63) is 95.7 Å². The van der Waals surface area contributed by atoms with E-state index >= 15 is 0 Å². The maximum atomic E-state index is 2.38. The van der Waals surface area contributed by atoms with Crippen LogP contribution in [0.5, 0.6) is 0 Å². The van der Waals surface area contributed by atoms with Gasteiger partial charge in [-0.05, 0) is 67.3 Å². The zero-order valence-corrected chi connectivity index (χ0v) is 16.7. The summed E-state index contributed by atoms with van der Waals surface area (Å²) < 4.78 is 0. The highest BCUT2D eigenvalue weighted by Crippen LogP contribution is 2.43. The van der Waals surface area contributed by atoms with Crippen LogP contribution in [0.15, 0.2) is 95.7 Å². The van der Waals surface area contributed by atoms with Crippen LogP contribution in [0.2, 0.25) is 0 Å². The van der Waals surface area contributed by atoms with Crippen molar-refractivity contribution in [1.82, 2.24) is 0 Å². The van der Waals surface area contributed by atoms with Crippen LogP contribution in [0.4, 0.5) is 0 Å². The minimum absolute atomic E-state index is 1.31. The van der Waals surface area contributed by atoms with Crippen LogP contribution in [-0.4, -0.2) is 0 Å². The third-order valence-electron chi connectivity index (χ3n) is 5.43. The molecule has 0 spiro atoms. The van der Waals surface area contributed by atoms with Gasteiger partial charge in [-0.15, -0.1) is 22.7 Å². The molecule has 0 atom stereocenters. The molecule has 2 aromatic heterocycles. The number of fused-ring (bicyclic) bond motifs is 5. The molecule has 6 aromatic rings. The molecule has 0 saturated heterocycles. The average molecular weight is 393 g/mol. The highest BCUT2D eigenvalue weighted by Gasteiger charge is 2.14. The fraction of sp³-hybridized carbons (Fsp3) is 0. The summed E-state index contributed by atoms with van der Waals surface area (Å²) >= 11 is 3.61. The minimum Gasteiger partial charge on any atom is -0.144 e. The van der Waals surface area contributed by atoms with Gasteiger partial charge in [0.1, 0.15) is 0 Å². The topological polar surface area (TPSA) is 0 Å². The Hall–Kier alpha value is -2.94. The second-order valence-corrected chi connectivity index (χ2v) is 8.89. The largest absolute Gasteiger partial charge is 0.144 e. The summed E-state index contributed by atoms with van der Waals surface area (Å²) in [6, 6.07) is 31.1. The Kier molecular flexibility index (Phi) is 3.61. The van der Waals surface area contributed by atoms with Gasteiger partial charge in [0.25, 0.3) is 0 Å². The molecule has 0 radical (unpaired) electrons. The van der Waals surface area contributed by atoms with Gasteiger partial charge in [0.15, 0.2) is 0 Å². The molecule has 0 unspecified atom stereocenters. The van der Waals surface area contributed by atoms with Crippen LogP contribution < -0.4 is 0 Å². The van der Waals surface area contributed by atoms with E-state index in [2.05, 4.69) is 95.7 Å². The maximum Gasteiger partial charge on any atom is 0.0349 e. The Morgan fingerprint density at radius 2 is 0.929 bits per heavy atom. The molecule has 0 aliphatic carbocycles. The molecule has 0 N–H and O–H groups in total. The molecule has 0 fully saturated rings. The predicted molar refractivity (Wildman–Crippen MR) is 126 cm³/mol. The van der Waals surface area contributed by atoms with E-state index in [1.54, 1.807) is 0 Å². The lowest BCUT2D eigenvalue weighted by molar-refractivity contribution is 1.75. The molecule has 0 bridgehead atoms. The molecule has 0 aliphatic heterocycles. The van der Waals surface area contributed by atoms with E-state index in [9.17, 15) is 0 Å². The van der Waals surface area contributed by atoms with E-state index in [1.807, 2.05) is 22.7 Å². The predicted octanol–water partition coefficient (Wildman–Crippen LogP) is 8.60. The summed E-state index contributed by atoms with van der Waals surface area (Å²) in [5.41, 5.74) is 2.65. The van der Waals surface area contributed by atoms with Crippen LogP contribution >= 0.6 is 22.7 Å². The molecule has 0 nitrogen and oxygen atoms in total. The van der Waals surface area contributed by atoms with Gasteiger partial charge in [0, 0.05) is 20.9 Å². The molecular formula is C26H16S2. The Labute approximate surface area is 171 Å². The molecule has 132 valence electrons. The van der Waals surface area contributed by atoms with Gasteiger partial charge in [0.2, 0.25) is 0 Å². The summed E-state index contributed by atoms with van der Waals surface area (Å²) in [4.78, 5) is 2.65. The zero-order chi connectivity index (χ0) is 18.5. The van der Waals surface area contributed by atoms with Gasteiger partial charge in [-0.3, -0.25) is 0 Å². The first-order valence-corrected chi connectivity index (χ1v) is 11.1. The Balaban J connectivity index is 1.85. The van der Waals surface area contributed by atoms with E-state index in [0.717, 1.165) is 0 Å². The Morgan fingerprint density at radius 1 is 0.464 bits per heavy atom. The highest BCUT2D eigenvalue weighted by molar-refractivity contribution is 7.14. The summed E-state index contributed by atoms with van der Waals surface area (Å²) in [6.45, 7) is 0. The van der Waals surface area contributed by atoms with Gasteiger partial charge in [-0.2, -0.15) is 0 Å². The minimum atomic E-state index is 1.31. The van der Waals surface area contributed by atoms with Crippen molar-refractivity contribution < 1.29 is 0 Å². The Morgan fingerprint density at radius 3 is 1.36 bits per heavy atom. The molecule has 28 heavy (non-hydrogen) atoms. The summed E-state index contributed by atoms with van der Waals surface area (Å²) in [7, 11) is 0. The lowest BCUT2D eigenvalue weighted by Crippen LogP contribution is -1.87. The van der Waals surface area contributed by atoms with Gasteiger partial charge in [-0.25, -0.2) is 0 Å². The average Bonchev–Trinajstić information content (AvgIpc) is 3.46. The van der Waals surface area contributed by atoms with Gasteiger partial charge < -0.3 is 0 Å². The first kappa shape index (κ1) is 16.1.